The van der Waals surface area contributed by atoms with Crippen LogP contribution in [0.25, 0.3) is 43.1 Å². The summed E-state index contributed by atoms with van der Waals surface area (Å²) in [6.45, 7) is 0. The number of ether oxygens (including phenoxy) is 1. The Labute approximate surface area is 281 Å². The zero-order valence-corrected chi connectivity index (χ0v) is 25.3. The van der Waals surface area contributed by atoms with E-state index in [1.165, 1.54) is 24.3 Å². The number of benzene rings is 6. The van der Waals surface area contributed by atoms with Gasteiger partial charge in [-0.05, 0) is 116 Å². The summed E-state index contributed by atoms with van der Waals surface area (Å²) in [5, 5.41) is 59.4. The maximum absolute atomic E-state index is 13.3. The molecular weight excluding hydrogens is 672 g/mol. The van der Waals surface area contributed by atoms with Crippen LogP contribution in [0, 0.1) is 0 Å². The average Bonchev–Trinajstić information content (AvgIpc) is 3.06. The Kier molecular flexibility index (Phi) is 7.87. The number of hydrogen-bond donors (Lipinski definition) is 6. The second-order valence-corrected chi connectivity index (χ2v) is 11.2. The fraction of sp³-hybridized carbons (Fsp3) is 0. The monoisotopic (exact) mass is 690 g/mol. The zero-order chi connectivity index (χ0) is 37.0. The van der Waals surface area contributed by atoms with E-state index in [0.717, 1.165) is 48.5 Å². The summed E-state index contributed by atoms with van der Waals surface area (Å²) in [6.07, 6.45) is 0. The van der Waals surface area contributed by atoms with Gasteiger partial charge in [-0.2, -0.15) is 0 Å². The number of carbonyl (C=O) groups excluding carboxylic acids is 2. The van der Waals surface area contributed by atoms with E-state index >= 15 is 0 Å². The number of esters is 2. The first-order chi connectivity index (χ1) is 24.0. The van der Waals surface area contributed by atoms with Gasteiger partial charge in [0.2, 0.25) is 0 Å². The first kappa shape index (κ1) is 33.2. The molecule has 0 aliphatic heterocycles. The SMILES string of the molecule is O=C(O)c1cc2cc3cc(C(=O)O)c(C(=O)OC(=O)c4cc5cc6cc(C(=O)O)c(C(=O)O)cc6cc5cc4C(=O)O)cc3cc2cc1C(=O)O. The normalized spacial score (nSPS) is 11.1. The predicted molar refractivity (Wildman–Crippen MR) is 174 cm³/mol. The Morgan fingerprint density at radius 3 is 0.608 bits per heavy atom. The molecule has 6 aromatic rings. The second kappa shape index (κ2) is 12.1. The Hall–Kier alpha value is -7.68. The van der Waals surface area contributed by atoms with Crippen molar-refractivity contribution in [2.24, 2.45) is 0 Å². The minimum absolute atomic E-state index is 0.182. The lowest BCUT2D eigenvalue weighted by Gasteiger charge is -2.12. The molecule has 252 valence electrons. The van der Waals surface area contributed by atoms with E-state index in [2.05, 4.69) is 0 Å². The molecule has 0 unspecified atom stereocenters. The molecule has 15 heteroatoms. The van der Waals surface area contributed by atoms with Crippen LogP contribution in [0.1, 0.15) is 82.9 Å². The molecule has 0 radical (unpaired) electrons. The maximum Gasteiger partial charge on any atom is 0.346 e. The van der Waals surface area contributed by atoms with Crippen molar-refractivity contribution in [3.05, 3.63) is 117 Å². The first-order valence-corrected chi connectivity index (χ1v) is 14.3. The molecule has 0 heterocycles. The minimum Gasteiger partial charge on any atom is -0.478 e. The molecule has 0 fully saturated rings. The lowest BCUT2D eigenvalue weighted by Crippen LogP contribution is -2.18. The fourth-order valence-electron chi connectivity index (χ4n) is 5.80. The highest BCUT2D eigenvalue weighted by molar-refractivity contribution is 6.16. The number of carboxylic acids is 6. The molecule has 6 rings (SSSR count). The highest BCUT2D eigenvalue weighted by Gasteiger charge is 2.27. The van der Waals surface area contributed by atoms with Crippen LogP contribution in [0.3, 0.4) is 0 Å². The van der Waals surface area contributed by atoms with Crippen molar-refractivity contribution in [1.82, 2.24) is 0 Å². The predicted octanol–water partition coefficient (Wildman–Crippen LogP) is 5.49. The molecule has 51 heavy (non-hydrogen) atoms. The highest BCUT2D eigenvalue weighted by atomic mass is 16.6. The Balaban J connectivity index is 1.43. The minimum atomic E-state index is -1.61. The van der Waals surface area contributed by atoms with Gasteiger partial charge in [-0.15, -0.1) is 0 Å². The van der Waals surface area contributed by atoms with Crippen LogP contribution in [-0.2, 0) is 4.74 Å². The van der Waals surface area contributed by atoms with E-state index in [1.807, 2.05) is 0 Å². The van der Waals surface area contributed by atoms with E-state index in [0.29, 0.717) is 0 Å². The third kappa shape index (κ3) is 5.86. The lowest BCUT2D eigenvalue weighted by molar-refractivity contribution is 0.0385. The molecule has 0 aliphatic rings. The van der Waals surface area contributed by atoms with Crippen molar-refractivity contribution in [3.8, 4) is 0 Å². The van der Waals surface area contributed by atoms with Gasteiger partial charge in [0.25, 0.3) is 0 Å². The highest BCUT2D eigenvalue weighted by Crippen LogP contribution is 2.31. The molecule has 0 saturated heterocycles. The number of rotatable bonds is 8. The Morgan fingerprint density at radius 2 is 0.431 bits per heavy atom. The van der Waals surface area contributed by atoms with E-state index in [9.17, 15) is 69.0 Å². The summed E-state index contributed by atoms with van der Waals surface area (Å²) < 4.78 is 4.97. The fourth-order valence-corrected chi connectivity index (χ4v) is 5.80. The Morgan fingerprint density at radius 1 is 0.275 bits per heavy atom. The average molecular weight is 691 g/mol. The molecule has 0 saturated carbocycles. The summed E-state index contributed by atoms with van der Waals surface area (Å²) in [6, 6.07) is 14.2. The van der Waals surface area contributed by atoms with Crippen molar-refractivity contribution < 1.29 is 73.7 Å². The van der Waals surface area contributed by atoms with Gasteiger partial charge in [0.15, 0.2) is 0 Å². The standard InChI is InChI=1S/C36H18O15/c37-29(38)21-5-13-1-17-9-25(33(45)46)27(11-19(17)3-15(13)7-23(21)31(41)42)35(49)51-36(50)28-12-20-4-16-8-24(32(43)44)22(30(39)40)6-14(16)2-18(20)10-26(28)34(47)48/h1-12H,(H,37,38)(H,39,40)(H,41,42)(H,43,44)(H,45,46)(H,47,48). The number of carbonyl (C=O) groups is 8. The summed E-state index contributed by atoms with van der Waals surface area (Å²) in [7, 11) is 0. The number of aromatic carboxylic acids is 6. The summed E-state index contributed by atoms with van der Waals surface area (Å²) in [5.74, 6) is -12.2. The summed E-state index contributed by atoms with van der Waals surface area (Å²) in [4.78, 5) is 97.7. The quantitative estimate of drug-likeness (QED) is 0.0655. The number of carboxylic acid groups (broad SMARTS) is 6. The van der Waals surface area contributed by atoms with Crippen LogP contribution >= 0.6 is 0 Å². The topological polar surface area (TPSA) is 267 Å². The molecule has 15 nitrogen and oxygen atoms in total. The van der Waals surface area contributed by atoms with Crippen LogP contribution in [0.15, 0.2) is 72.8 Å². The zero-order valence-electron chi connectivity index (χ0n) is 25.3. The van der Waals surface area contributed by atoms with Gasteiger partial charge >= 0.3 is 47.8 Å². The Bertz CT molecular complexity index is 2490. The van der Waals surface area contributed by atoms with Crippen molar-refractivity contribution in [2.45, 2.75) is 0 Å². The van der Waals surface area contributed by atoms with Crippen LogP contribution in [0.5, 0.6) is 0 Å². The van der Waals surface area contributed by atoms with Crippen molar-refractivity contribution in [3.63, 3.8) is 0 Å². The summed E-state index contributed by atoms with van der Waals surface area (Å²) >= 11 is 0. The van der Waals surface area contributed by atoms with Crippen molar-refractivity contribution in [1.29, 1.82) is 0 Å². The number of hydrogen-bond acceptors (Lipinski definition) is 9. The molecule has 0 aliphatic carbocycles. The molecule has 0 amide bonds. The molecule has 6 N–H and O–H groups in total. The lowest BCUT2D eigenvalue weighted by atomic mass is 9.94. The van der Waals surface area contributed by atoms with Crippen molar-refractivity contribution >= 4 is 90.8 Å². The van der Waals surface area contributed by atoms with Crippen LogP contribution in [-0.4, -0.2) is 78.4 Å². The van der Waals surface area contributed by atoms with Gasteiger partial charge in [-0.25, -0.2) is 38.4 Å². The second-order valence-electron chi connectivity index (χ2n) is 11.2. The first-order valence-electron chi connectivity index (χ1n) is 14.3. The van der Waals surface area contributed by atoms with Gasteiger partial charge in [-0.1, -0.05) is 0 Å². The van der Waals surface area contributed by atoms with Gasteiger partial charge in [0.05, 0.1) is 44.5 Å². The maximum atomic E-state index is 13.3. The third-order valence-corrected chi connectivity index (χ3v) is 8.14. The largest absolute Gasteiger partial charge is 0.478 e. The van der Waals surface area contributed by atoms with Gasteiger partial charge in [0.1, 0.15) is 0 Å². The van der Waals surface area contributed by atoms with E-state index in [-0.39, 0.29) is 43.1 Å². The molecule has 6 aromatic carbocycles. The molecule has 0 spiro atoms. The smallest absolute Gasteiger partial charge is 0.346 e. The summed E-state index contributed by atoms with van der Waals surface area (Å²) in [5.41, 5.74) is -4.56. The molecule has 0 atom stereocenters. The van der Waals surface area contributed by atoms with E-state index in [1.54, 1.807) is 0 Å². The van der Waals surface area contributed by atoms with Crippen LogP contribution in [0.4, 0.5) is 0 Å². The van der Waals surface area contributed by atoms with Gasteiger partial charge in [0, 0.05) is 0 Å². The van der Waals surface area contributed by atoms with Gasteiger partial charge in [-0.3, -0.25) is 0 Å². The van der Waals surface area contributed by atoms with Crippen LogP contribution < -0.4 is 0 Å². The van der Waals surface area contributed by atoms with Gasteiger partial charge < -0.3 is 35.4 Å². The van der Waals surface area contributed by atoms with Crippen LogP contribution in [0.2, 0.25) is 0 Å². The molecule has 0 bridgehead atoms. The number of fused-ring (bicyclic) bond motifs is 4. The molecular formula is C36H18O15. The van der Waals surface area contributed by atoms with E-state index < -0.39 is 92.3 Å². The molecule has 0 aromatic heterocycles. The third-order valence-electron chi connectivity index (χ3n) is 8.14. The van der Waals surface area contributed by atoms with E-state index in [4.69, 9.17) is 4.74 Å². The van der Waals surface area contributed by atoms with Crippen molar-refractivity contribution in [2.75, 3.05) is 0 Å².